The normalized spacial score (nSPS) is 12.5. The van der Waals surface area contributed by atoms with Crippen LogP contribution in [0, 0.1) is 0 Å². The van der Waals surface area contributed by atoms with Crippen LogP contribution in [0.3, 0.4) is 0 Å². The van der Waals surface area contributed by atoms with Gasteiger partial charge in [-0.25, -0.2) is 14.3 Å². The molecule has 0 saturated carbocycles. The van der Waals surface area contributed by atoms with Crippen LogP contribution in [-0.2, 0) is 13.1 Å². The smallest absolute Gasteiger partial charge is 0.361 e. The molecule has 6 nitrogen and oxygen atoms in total. The number of hydrogen-bond acceptors (Lipinski definition) is 5. The average molecular weight is 631 g/mol. The Morgan fingerprint density at radius 3 is 2.33 bits per heavy atom. The first-order valence-corrected chi connectivity index (χ1v) is 15.8. The second kappa shape index (κ2) is 11.1. The highest BCUT2D eigenvalue weighted by Crippen LogP contribution is 2.28. The quantitative estimate of drug-likeness (QED) is 0.157. The Morgan fingerprint density at radius 1 is 0.881 bits per heavy atom. The Bertz CT molecular complexity index is 2210. The molecular weight excluding hydrogens is 607 g/mol. The number of rotatable bonds is 7. The van der Waals surface area contributed by atoms with E-state index in [1.54, 1.807) is 10.5 Å². The minimum absolute atomic E-state index is 0.0106. The number of nitrogens with zero attached hydrogens (tertiary/aromatic N) is 4. The van der Waals surface area contributed by atoms with Gasteiger partial charge in [-0.3, -0.25) is 0 Å². The molecule has 0 fully saturated rings. The predicted octanol–water partition coefficient (Wildman–Crippen LogP) is 6.73. The van der Waals surface area contributed by atoms with Crippen molar-refractivity contribution in [3.8, 4) is 0 Å². The Morgan fingerprint density at radius 2 is 1.57 bits per heavy atom. The predicted molar refractivity (Wildman–Crippen MR) is 172 cm³/mol. The van der Waals surface area contributed by atoms with Gasteiger partial charge in [0, 0.05) is 16.1 Å². The fourth-order valence-electron chi connectivity index (χ4n) is 5.17. The number of aromatic nitrogens is 4. The van der Waals surface area contributed by atoms with E-state index in [9.17, 15) is 9.90 Å². The van der Waals surface area contributed by atoms with Gasteiger partial charge in [0.1, 0.15) is 12.3 Å². The van der Waals surface area contributed by atoms with Crippen molar-refractivity contribution in [3.63, 3.8) is 0 Å². The van der Waals surface area contributed by atoms with Gasteiger partial charge in [-0.2, -0.15) is 0 Å². The summed E-state index contributed by atoms with van der Waals surface area (Å²) in [6, 6.07) is 31.4. The van der Waals surface area contributed by atoms with Crippen LogP contribution in [0.4, 0.5) is 0 Å². The molecule has 3 aromatic heterocycles. The lowest BCUT2D eigenvalue weighted by molar-refractivity contribution is -0.634. The number of aliphatic hydroxyl groups excluding tert-OH is 1. The van der Waals surface area contributed by atoms with E-state index in [0.29, 0.717) is 33.2 Å². The standard InChI is InChI=1S/C32H22Cl2N4O2S2/c33-22-11-13-25-24(15-22)35-31(36(25)17-20-7-3-1-4-8-20)41-19-28(39)29-30(40)38-27-16-23(34)12-14-26(27)37(32(38)42-29)18-21-9-5-2-6-10-21/h1-16H,17-19H2/p+1. The lowest BCUT2D eigenvalue weighted by atomic mass is 10.2. The number of halogens is 2. The molecule has 42 heavy (non-hydrogen) atoms. The summed E-state index contributed by atoms with van der Waals surface area (Å²) in [5.74, 6) is 0.193. The molecule has 7 aromatic rings. The van der Waals surface area contributed by atoms with Gasteiger partial charge in [0.15, 0.2) is 20.7 Å². The summed E-state index contributed by atoms with van der Waals surface area (Å²) in [7, 11) is 0. The molecule has 0 aliphatic heterocycles. The Labute approximate surface area is 258 Å². The third-order valence-corrected chi connectivity index (χ3v) is 9.78. The second-order valence-corrected chi connectivity index (χ2v) is 12.7. The van der Waals surface area contributed by atoms with Crippen molar-refractivity contribution >= 4 is 79.1 Å². The van der Waals surface area contributed by atoms with Crippen LogP contribution in [0.1, 0.15) is 11.1 Å². The van der Waals surface area contributed by atoms with Crippen molar-refractivity contribution in [2.45, 2.75) is 18.2 Å². The molecule has 0 radical (unpaired) electrons. The molecule has 0 spiro atoms. The molecule has 4 aromatic carbocycles. The Hall–Kier alpha value is -3.82. The topological polar surface area (TPSA) is 63.4 Å². The summed E-state index contributed by atoms with van der Waals surface area (Å²) in [5, 5.41) is 13.2. The number of hydrogen-bond donors (Lipinski definition) is 1. The van der Waals surface area contributed by atoms with E-state index in [2.05, 4.69) is 33.4 Å². The number of benzene rings is 4. The minimum Gasteiger partial charge on any atom is -0.510 e. The van der Waals surface area contributed by atoms with Gasteiger partial charge < -0.3 is 9.67 Å². The number of thiazole rings is 1. The first-order valence-electron chi connectivity index (χ1n) is 13.2. The van der Waals surface area contributed by atoms with Gasteiger partial charge in [-0.1, -0.05) is 95.6 Å². The summed E-state index contributed by atoms with van der Waals surface area (Å²) in [4.78, 5) is 19.3. The summed E-state index contributed by atoms with van der Waals surface area (Å²) < 4.78 is 6.16. The van der Waals surface area contributed by atoms with Gasteiger partial charge in [-0.05, 0) is 52.8 Å². The molecule has 1 N–H and O–H groups in total. The van der Waals surface area contributed by atoms with Crippen molar-refractivity contribution in [3.05, 3.63) is 133 Å². The second-order valence-electron chi connectivity index (χ2n) is 9.89. The van der Waals surface area contributed by atoms with Crippen molar-refractivity contribution in [1.82, 2.24) is 14.0 Å². The minimum atomic E-state index is -0.267. The van der Waals surface area contributed by atoms with E-state index in [0.717, 1.165) is 37.8 Å². The van der Waals surface area contributed by atoms with E-state index in [-0.39, 0.29) is 17.1 Å². The SMILES string of the molecule is O=c1/c(=C(/O)CSc2nc3cc(Cl)ccc3n2Cc2ccccc2)sc2n1c1cc(Cl)ccc1[n+]2Cc1ccccc1. The summed E-state index contributed by atoms with van der Waals surface area (Å²) in [6.07, 6.45) is 0. The molecule has 0 aliphatic carbocycles. The largest absolute Gasteiger partial charge is 0.510 e. The zero-order valence-electron chi connectivity index (χ0n) is 22.1. The van der Waals surface area contributed by atoms with Crippen LogP contribution < -0.4 is 14.7 Å². The van der Waals surface area contributed by atoms with E-state index in [1.807, 2.05) is 66.7 Å². The highest BCUT2D eigenvalue weighted by molar-refractivity contribution is 7.99. The third-order valence-electron chi connectivity index (χ3n) is 7.12. The van der Waals surface area contributed by atoms with Gasteiger partial charge in [0.05, 0.1) is 23.3 Å². The molecule has 0 atom stereocenters. The van der Waals surface area contributed by atoms with E-state index in [4.69, 9.17) is 28.2 Å². The van der Waals surface area contributed by atoms with Crippen molar-refractivity contribution in [2.24, 2.45) is 0 Å². The van der Waals surface area contributed by atoms with E-state index in [1.165, 1.54) is 23.1 Å². The summed E-state index contributed by atoms with van der Waals surface area (Å²) in [6.45, 7) is 1.19. The van der Waals surface area contributed by atoms with Gasteiger partial charge in [-0.15, -0.1) is 4.40 Å². The molecule has 3 heterocycles. The first kappa shape index (κ1) is 27.0. The lowest BCUT2D eigenvalue weighted by Crippen LogP contribution is -2.33. The van der Waals surface area contributed by atoms with Gasteiger partial charge in [0.25, 0.3) is 0 Å². The number of fused-ring (bicyclic) bond motifs is 4. The number of aliphatic hydroxyl groups is 1. The molecule has 7 rings (SSSR count). The van der Waals surface area contributed by atoms with Crippen LogP contribution in [0.15, 0.2) is 107 Å². The van der Waals surface area contributed by atoms with Gasteiger partial charge >= 0.3 is 10.5 Å². The highest BCUT2D eigenvalue weighted by atomic mass is 35.5. The molecule has 0 unspecified atom stereocenters. The van der Waals surface area contributed by atoms with E-state index >= 15 is 0 Å². The van der Waals surface area contributed by atoms with Crippen molar-refractivity contribution < 1.29 is 9.67 Å². The fraction of sp³-hybridized carbons (Fsp3) is 0.0938. The summed E-state index contributed by atoms with van der Waals surface area (Å²) >= 11 is 15.3. The maximum atomic E-state index is 13.8. The lowest BCUT2D eigenvalue weighted by Gasteiger charge is -2.09. The highest BCUT2D eigenvalue weighted by Gasteiger charge is 2.26. The zero-order valence-corrected chi connectivity index (χ0v) is 25.2. The molecule has 10 heteroatoms. The van der Waals surface area contributed by atoms with Crippen LogP contribution in [-0.4, -0.2) is 24.8 Å². The van der Waals surface area contributed by atoms with Crippen LogP contribution in [0.25, 0.3) is 32.8 Å². The zero-order chi connectivity index (χ0) is 28.8. The molecule has 0 amide bonds. The van der Waals surface area contributed by atoms with Crippen LogP contribution in [0.2, 0.25) is 10.0 Å². The van der Waals surface area contributed by atoms with E-state index < -0.39 is 0 Å². The maximum absolute atomic E-state index is 13.8. The fourth-order valence-corrected chi connectivity index (χ4v) is 7.59. The average Bonchev–Trinajstić information content (AvgIpc) is 3.62. The molecular formula is C32H23Cl2N4O2S2+. The number of imidazole rings is 2. The van der Waals surface area contributed by atoms with Crippen LogP contribution in [0.5, 0.6) is 0 Å². The summed E-state index contributed by atoms with van der Waals surface area (Å²) in [5.41, 5.74) is 5.31. The molecule has 208 valence electrons. The first-order chi connectivity index (χ1) is 20.5. The monoisotopic (exact) mass is 629 g/mol. The number of thioether (sulfide) groups is 1. The molecule has 0 bridgehead atoms. The third kappa shape index (κ3) is 4.94. The van der Waals surface area contributed by atoms with Crippen LogP contribution >= 0.6 is 46.3 Å². The van der Waals surface area contributed by atoms with Crippen molar-refractivity contribution in [1.29, 1.82) is 0 Å². The molecule has 0 aliphatic rings. The van der Waals surface area contributed by atoms with Gasteiger partial charge in [0.2, 0.25) is 0 Å². The Kier molecular flexibility index (Phi) is 7.15. The van der Waals surface area contributed by atoms with Crippen molar-refractivity contribution in [2.75, 3.05) is 5.75 Å². The molecule has 0 saturated heterocycles. The maximum Gasteiger partial charge on any atom is 0.361 e. The Balaban J connectivity index is 1.30.